The molecule has 0 aliphatic heterocycles. The Morgan fingerprint density at radius 3 is 1.73 bits per heavy atom. The SMILES string of the molecule is CCCCCCCC(=O)OCC(COC(=O)CC[C@@H](C)[C@H]1CC[C@H]2[C@@H]3[C@H](OC(=O)CCN)C[C@@H]4C[C@H](OC(=O)CCN)CC[C@]4(C)[C@H]3C[C@H](OC(=O)CCN)[C@]12C)OC(=O)CCCCCCC. The summed E-state index contributed by atoms with van der Waals surface area (Å²) in [5.74, 6) is -1.86. The number of nitrogens with two attached hydrogens (primary N) is 3. The molecule has 0 aromatic rings. The topological polar surface area (TPSA) is 236 Å². The minimum atomic E-state index is -0.910. The van der Waals surface area contributed by atoms with E-state index in [0.717, 1.165) is 77.0 Å². The maximum absolute atomic E-state index is 13.5. The molecular weight excluding hydrogens is 859 g/mol. The summed E-state index contributed by atoms with van der Waals surface area (Å²) in [5.41, 5.74) is 16.6. The van der Waals surface area contributed by atoms with Crippen molar-refractivity contribution < 1.29 is 57.2 Å². The van der Waals surface area contributed by atoms with Gasteiger partial charge in [-0.05, 0) is 99.2 Å². The van der Waals surface area contributed by atoms with Gasteiger partial charge in [0.05, 0.1) is 19.3 Å². The highest BCUT2D eigenvalue weighted by atomic mass is 16.6. The second-order valence-corrected chi connectivity index (χ2v) is 20.8. The van der Waals surface area contributed by atoms with Crippen LogP contribution in [0.15, 0.2) is 0 Å². The van der Waals surface area contributed by atoms with Crippen LogP contribution in [0.1, 0.15) is 189 Å². The van der Waals surface area contributed by atoms with Gasteiger partial charge in [-0.3, -0.25) is 28.8 Å². The Hall–Kier alpha value is -3.30. The van der Waals surface area contributed by atoms with E-state index in [1.165, 1.54) is 0 Å². The molecule has 0 radical (unpaired) electrons. The van der Waals surface area contributed by atoms with Crippen molar-refractivity contribution in [3.05, 3.63) is 0 Å². The van der Waals surface area contributed by atoms with E-state index in [1.54, 1.807) is 0 Å². The molecule has 4 saturated carbocycles. The van der Waals surface area contributed by atoms with E-state index in [0.29, 0.717) is 38.5 Å². The molecule has 12 atom stereocenters. The van der Waals surface area contributed by atoms with E-state index in [-0.39, 0.29) is 148 Å². The van der Waals surface area contributed by atoms with E-state index < -0.39 is 29.6 Å². The van der Waals surface area contributed by atoms with Gasteiger partial charge in [0.1, 0.15) is 31.5 Å². The Morgan fingerprint density at radius 2 is 1.13 bits per heavy atom. The van der Waals surface area contributed by atoms with Crippen LogP contribution in [0.3, 0.4) is 0 Å². The number of hydrogen-bond donors (Lipinski definition) is 3. The summed E-state index contributed by atoms with van der Waals surface area (Å²) in [5, 5.41) is 0. The van der Waals surface area contributed by atoms with Crippen LogP contribution in [0.2, 0.25) is 0 Å². The van der Waals surface area contributed by atoms with Crippen LogP contribution in [0.25, 0.3) is 0 Å². The predicted molar refractivity (Wildman–Crippen MR) is 254 cm³/mol. The van der Waals surface area contributed by atoms with Crippen molar-refractivity contribution in [1.29, 1.82) is 0 Å². The highest BCUT2D eigenvalue weighted by Gasteiger charge is 2.67. The first-order valence-electron chi connectivity index (χ1n) is 26.3. The zero-order chi connectivity index (χ0) is 49.0. The summed E-state index contributed by atoms with van der Waals surface area (Å²) in [6.07, 6.45) is 14.5. The number of ether oxygens (including phenoxy) is 6. The van der Waals surface area contributed by atoms with E-state index >= 15 is 0 Å². The lowest BCUT2D eigenvalue weighted by Crippen LogP contribution is -2.63. The van der Waals surface area contributed by atoms with Crippen LogP contribution < -0.4 is 17.2 Å². The molecule has 0 spiro atoms. The van der Waals surface area contributed by atoms with E-state index in [1.807, 2.05) is 0 Å². The standard InChI is InChI=1S/C52H89N3O12/c1-6-8-10-12-14-16-44(56)62-33-38(65-46(58)17-15-13-11-9-7-2)34-63-45(57)21-18-35(3)39-19-20-40-50-41(32-43(52(39,40)5)67-49(61)25-29-55)51(4)26-22-37(64-47(59)23-27-53)30-36(51)31-42(50)66-48(60)24-28-54/h35-43,50H,6-34,53-55H2,1-5H3/t35-,36+,37-,38?,39-,40+,41+,42-,43+,50+,51+,52-/m1/s1. The minimum absolute atomic E-state index is 0.00193. The first-order chi connectivity index (χ1) is 32.1. The smallest absolute Gasteiger partial charge is 0.307 e. The summed E-state index contributed by atoms with van der Waals surface area (Å²) in [4.78, 5) is 78.1. The van der Waals surface area contributed by atoms with E-state index in [9.17, 15) is 28.8 Å². The Bertz CT molecular complexity index is 1580. The summed E-state index contributed by atoms with van der Waals surface area (Å²) in [6.45, 7) is 11.2. The lowest BCUT2D eigenvalue weighted by Gasteiger charge is -2.64. The molecule has 1 unspecified atom stereocenters. The zero-order valence-corrected chi connectivity index (χ0v) is 41.9. The molecule has 67 heavy (non-hydrogen) atoms. The number of carbonyl (C=O) groups excluding carboxylic acids is 6. The number of carbonyl (C=O) groups is 6. The van der Waals surface area contributed by atoms with E-state index in [2.05, 4.69) is 34.6 Å². The summed E-state index contributed by atoms with van der Waals surface area (Å²) >= 11 is 0. The van der Waals surface area contributed by atoms with Crippen molar-refractivity contribution in [1.82, 2.24) is 0 Å². The van der Waals surface area contributed by atoms with Gasteiger partial charge >= 0.3 is 35.8 Å². The van der Waals surface area contributed by atoms with Crippen molar-refractivity contribution in [2.24, 2.45) is 63.5 Å². The van der Waals surface area contributed by atoms with Gasteiger partial charge in [-0.1, -0.05) is 86.0 Å². The van der Waals surface area contributed by atoms with Gasteiger partial charge < -0.3 is 45.6 Å². The molecule has 0 bridgehead atoms. The second kappa shape index (κ2) is 28.4. The lowest BCUT2D eigenvalue weighted by atomic mass is 9.43. The molecule has 0 saturated heterocycles. The lowest BCUT2D eigenvalue weighted by molar-refractivity contribution is -0.225. The van der Waals surface area contributed by atoms with Crippen molar-refractivity contribution >= 4 is 35.8 Å². The molecule has 4 rings (SSSR count). The molecule has 0 aromatic carbocycles. The summed E-state index contributed by atoms with van der Waals surface area (Å²) in [7, 11) is 0. The number of esters is 6. The normalized spacial score (nSPS) is 29.6. The summed E-state index contributed by atoms with van der Waals surface area (Å²) in [6, 6.07) is 0. The third-order valence-electron chi connectivity index (χ3n) is 16.3. The molecule has 0 amide bonds. The fourth-order valence-electron chi connectivity index (χ4n) is 12.7. The zero-order valence-electron chi connectivity index (χ0n) is 41.9. The molecule has 4 aliphatic carbocycles. The Kier molecular flexibility index (Phi) is 23.8. The van der Waals surface area contributed by atoms with E-state index in [4.69, 9.17) is 45.6 Å². The Balaban J connectivity index is 1.48. The minimum Gasteiger partial charge on any atom is -0.462 e. The highest BCUT2D eigenvalue weighted by molar-refractivity contribution is 5.72. The van der Waals surface area contributed by atoms with Crippen molar-refractivity contribution in [2.75, 3.05) is 32.8 Å². The van der Waals surface area contributed by atoms with Gasteiger partial charge in [-0.2, -0.15) is 0 Å². The van der Waals surface area contributed by atoms with Gasteiger partial charge in [-0.25, -0.2) is 0 Å². The van der Waals surface area contributed by atoms with Crippen LogP contribution in [-0.2, 0) is 57.2 Å². The Labute approximate surface area is 401 Å². The predicted octanol–water partition coefficient (Wildman–Crippen LogP) is 7.78. The van der Waals surface area contributed by atoms with Crippen LogP contribution in [0, 0.1) is 46.3 Å². The van der Waals surface area contributed by atoms with Gasteiger partial charge in [0.25, 0.3) is 0 Å². The third-order valence-corrected chi connectivity index (χ3v) is 16.3. The molecule has 4 aliphatic rings. The van der Waals surface area contributed by atoms with Crippen LogP contribution in [0.5, 0.6) is 0 Å². The van der Waals surface area contributed by atoms with Gasteiger partial charge in [-0.15, -0.1) is 0 Å². The quantitative estimate of drug-likeness (QED) is 0.0354. The molecule has 15 nitrogen and oxygen atoms in total. The van der Waals surface area contributed by atoms with Crippen LogP contribution >= 0.6 is 0 Å². The molecule has 4 fully saturated rings. The van der Waals surface area contributed by atoms with Gasteiger partial charge in [0.2, 0.25) is 0 Å². The number of hydrogen-bond acceptors (Lipinski definition) is 15. The third kappa shape index (κ3) is 16.1. The number of unbranched alkanes of at least 4 members (excludes halogenated alkanes) is 8. The summed E-state index contributed by atoms with van der Waals surface area (Å²) < 4.78 is 35.8. The molecule has 0 heterocycles. The number of rotatable bonds is 30. The van der Waals surface area contributed by atoms with Crippen LogP contribution in [0.4, 0.5) is 0 Å². The molecule has 384 valence electrons. The Morgan fingerprint density at radius 1 is 0.582 bits per heavy atom. The molecule has 6 N–H and O–H groups in total. The first-order valence-corrected chi connectivity index (χ1v) is 26.3. The fourth-order valence-corrected chi connectivity index (χ4v) is 12.7. The monoisotopic (exact) mass is 948 g/mol. The van der Waals surface area contributed by atoms with Gasteiger partial charge in [0.15, 0.2) is 6.10 Å². The van der Waals surface area contributed by atoms with Crippen molar-refractivity contribution in [2.45, 2.75) is 213 Å². The van der Waals surface area contributed by atoms with Crippen molar-refractivity contribution in [3.8, 4) is 0 Å². The average Bonchev–Trinajstić information content (AvgIpc) is 3.65. The largest absolute Gasteiger partial charge is 0.462 e. The van der Waals surface area contributed by atoms with Gasteiger partial charge in [0, 0.05) is 50.2 Å². The average molecular weight is 948 g/mol. The molecule has 15 heteroatoms. The van der Waals surface area contributed by atoms with Crippen LogP contribution in [-0.4, -0.2) is 93.1 Å². The second-order valence-electron chi connectivity index (χ2n) is 20.8. The highest BCUT2D eigenvalue weighted by Crippen LogP contribution is 2.69. The first kappa shape index (κ1) is 56.3. The number of fused-ring (bicyclic) bond motifs is 5. The van der Waals surface area contributed by atoms with Crippen molar-refractivity contribution in [3.63, 3.8) is 0 Å². The maximum atomic E-state index is 13.5. The molecular formula is C52H89N3O12. The molecule has 0 aromatic heterocycles. The maximum Gasteiger partial charge on any atom is 0.307 e. The fraction of sp³-hybridized carbons (Fsp3) is 0.885.